The Balaban J connectivity index is 2.82. The number of halogens is 3. The Morgan fingerprint density at radius 1 is 1.46 bits per heavy atom. The summed E-state index contributed by atoms with van der Waals surface area (Å²) in [5.41, 5.74) is 0.420. The Kier molecular flexibility index (Phi) is 2.78. The van der Waals surface area contributed by atoms with Gasteiger partial charge in [0.1, 0.15) is 6.29 Å². The fraction of sp³-hybridized carbons (Fsp3) is 0.667. The highest BCUT2D eigenvalue weighted by atomic mass is 19.4. The summed E-state index contributed by atoms with van der Waals surface area (Å²) in [5.74, 6) is -2.53. The van der Waals surface area contributed by atoms with E-state index in [1.165, 1.54) is 0 Å². The molecule has 1 aliphatic rings. The minimum atomic E-state index is -4.27. The standard InChI is InChI=1S/C9H11F3O/c1-6-3-2-4-8(7(6)5-13)9(10,11)12/h5,7-8H,1-4H2. The Hall–Kier alpha value is -0.800. The van der Waals surface area contributed by atoms with E-state index in [0.29, 0.717) is 24.7 Å². The van der Waals surface area contributed by atoms with E-state index in [2.05, 4.69) is 6.58 Å². The first-order chi connectivity index (χ1) is 5.96. The van der Waals surface area contributed by atoms with Crippen molar-refractivity contribution in [2.24, 2.45) is 11.8 Å². The van der Waals surface area contributed by atoms with Crippen LogP contribution in [-0.4, -0.2) is 12.5 Å². The summed E-state index contributed by atoms with van der Waals surface area (Å²) in [6, 6.07) is 0. The van der Waals surface area contributed by atoms with Gasteiger partial charge in [0.25, 0.3) is 0 Å². The molecule has 1 saturated carbocycles. The lowest BCUT2D eigenvalue weighted by molar-refractivity contribution is -0.189. The van der Waals surface area contributed by atoms with Crippen LogP contribution in [0, 0.1) is 11.8 Å². The molecule has 1 aliphatic carbocycles. The van der Waals surface area contributed by atoms with Crippen LogP contribution in [0.3, 0.4) is 0 Å². The van der Waals surface area contributed by atoms with Crippen molar-refractivity contribution in [1.29, 1.82) is 0 Å². The monoisotopic (exact) mass is 192 g/mol. The van der Waals surface area contributed by atoms with E-state index in [9.17, 15) is 18.0 Å². The van der Waals surface area contributed by atoms with E-state index in [1.807, 2.05) is 0 Å². The smallest absolute Gasteiger partial charge is 0.303 e. The van der Waals surface area contributed by atoms with E-state index in [-0.39, 0.29) is 6.42 Å². The molecule has 4 heteroatoms. The van der Waals surface area contributed by atoms with Gasteiger partial charge < -0.3 is 4.79 Å². The lowest BCUT2D eigenvalue weighted by Gasteiger charge is -2.31. The van der Waals surface area contributed by atoms with Crippen molar-refractivity contribution in [3.8, 4) is 0 Å². The molecular formula is C9H11F3O. The van der Waals surface area contributed by atoms with Crippen LogP contribution in [0.5, 0.6) is 0 Å². The topological polar surface area (TPSA) is 17.1 Å². The molecule has 2 atom stereocenters. The summed E-state index contributed by atoms with van der Waals surface area (Å²) >= 11 is 0. The second kappa shape index (κ2) is 3.52. The molecule has 0 N–H and O–H groups in total. The number of hydrogen-bond acceptors (Lipinski definition) is 1. The van der Waals surface area contributed by atoms with Crippen molar-refractivity contribution in [2.45, 2.75) is 25.4 Å². The Morgan fingerprint density at radius 3 is 2.46 bits per heavy atom. The van der Waals surface area contributed by atoms with E-state index >= 15 is 0 Å². The molecule has 0 radical (unpaired) electrons. The Labute approximate surface area is 74.6 Å². The molecule has 0 aliphatic heterocycles. The van der Waals surface area contributed by atoms with Crippen LogP contribution < -0.4 is 0 Å². The molecule has 0 aromatic rings. The number of carbonyl (C=O) groups excluding carboxylic acids is 1. The van der Waals surface area contributed by atoms with Gasteiger partial charge in [0, 0.05) is 5.92 Å². The third-order valence-corrected chi connectivity index (χ3v) is 2.48. The lowest BCUT2D eigenvalue weighted by Crippen LogP contribution is -2.34. The molecule has 1 fully saturated rings. The number of allylic oxidation sites excluding steroid dienone is 1. The molecule has 0 heterocycles. The average molecular weight is 192 g/mol. The quantitative estimate of drug-likeness (QED) is 0.461. The second-order valence-electron chi connectivity index (χ2n) is 3.36. The summed E-state index contributed by atoms with van der Waals surface area (Å²) in [5, 5.41) is 0. The van der Waals surface area contributed by atoms with Gasteiger partial charge in [-0.1, -0.05) is 12.2 Å². The summed E-state index contributed by atoms with van der Waals surface area (Å²) in [6.07, 6.45) is -2.83. The number of alkyl halides is 3. The number of rotatable bonds is 1. The van der Waals surface area contributed by atoms with Crippen LogP contribution in [0.1, 0.15) is 19.3 Å². The summed E-state index contributed by atoms with van der Waals surface area (Å²) in [6.45, 7) is 3.50. The van der Waals surface area contributed by atoms with Gasteiger partial charge >= 0.3 is 6.18 Å². The predicted octanol–water partition coefficient (Wildman–Crippen LogP) is 2.72. The molecule has 0 aromatic heterocycles. The fourth-order valence-electron chi connectivity index (χ4n) is 1.74. The first-order valence-corrected chi connectivity index (χ1v) is 4.16. The van der Waals surface area contributed by atoms with Crippen LogP contribution in [-0.2, 0) is 4.79 Å². The SMILES string of the molecule is C=C1CCCC(C(F)(F)F)C1C=O. The van der Waals surface area contributed by atoms with Gasteiger partial charge in [-0.15, -0.1) is 0 Å². The molecule has 2 unspecified atom stereocenters. The van der Waals surface area contributed by atoms with Gasteiger partial charge in [0.05, 0.1) is 5.92 Å². The zero-order valence-corrected chi connectivity index (χ0v) is 7.10. The van der Waals surface area contributed by atoms with Crippen molar-refractivity contribution in [3.05, 3.63) is 12.2 Å². The van der Waals surface area contributed by atoms with Crippen molar-refractivity contribution >= 4 is 6.29 Å². The van der Waals surface area contributed by atoms with Crippen molar-refractivity contribution in [3.63, 3.8) is 0 Å². The molecular weight excluding hydrogens is 181 g/mol. The highest BCUT2D eigenvalue weighted by Gasteiger charge is 2.46. The third kappa shape index (κ3) is 2.11. The molecule has 13 heavy (non-hydrogen) atoms. The Bertz CT molecular complexity index is 219. The average Bonchev–Trinajstić information content (AvgIpc) is 2.02. The maximum Gasteiger partial charge on any atom is 0.392 e. The van der Waals surface area contributed by atoms with Gasteiger partial charge in [-0.05, 0) is 19.3 Å². The molecule has 1 rings (SSSR count). The van der Waals surface area contributed by atoms with Gasteiger partial charge in [0.15, 0.2) is 0 Å². The van der Waals surface area contributed by atoms with E-state index in [1.54, 1.807) is 0 Å². The zero-order chi connectivity index (χ0) is 10.1. The molecule has 1 nitrogen and oxygen atoms in total. The maximum absolute atomic E-state index is 12.4. The van der Waals surface area contributed by atoms with Crippen LogP contribution >= 0.6 is 0 Å². The van der Waals surface area contributed by atoms with Gasteiger partial charge in [-0.3, -0.25) is 0 Å². The lowest BCUT2D eigenvalue weighted by atomic mass is 9.77. The molecule has 0 aromatic carbocycles. The molecule has 0 spiro atoms. The first-order valence-electron chi connectivity index (χ1n) is 4.16. The van der Waals surface area contributed by atoms with Gasteiger partial charge in [-0.25, -0.2) is 0 Å². The molecule has 74 valence electrons. The molecule has 0 saturated heterocycles. The van der Waals surface area contributed by atoms with E-state index in [0.717, 1.165) is 0 Å². The number of hydrogen-bond donors (Lipinski definition) is 0. The highest BCUT2D eigenvalue weighted by molar-refractivity contribution is 5.59. The Morgan fingerprint density at radius 2 is 2.08 bits per heavy atom. The van der Waals surface area contributed by atoms with Crippen LogP contribution in [0.25, 0.3) is 0 Å². The van der Waals surface area contributed by atoms with Crippen molar-refractivity contribution in [1.82, 2.24) is 0 Å². The normalized spacial score (nSPS) is 30.2. The first kappa shape index (κ1) is 10.3. The number of aldehydes is 1. The van der Waals surface area contributed by atoms with E-state index < -0.39 is 18.0 Å². The highest BCUT2D eigenvalue weighted by Crippen LogP contribution is 2.42. The summed E-state index contributed by atoms with van der Waals surface area (Å²) in [7, 11) is 0. The largest absolute Gasteiger partial charge is 0.392 e. The van der Waals surface area contributed by atoms with Gasteiger partial charge in [0.2, 0.25) is 0 Å². The van der Waals surface area contributed by atoms with Crippen LogP contribution in [0.2, 0.25) is 0 Å². The number of carbonyl (C=O) groups is 1. The summed E-state index contributed by atoms with van der Waals surface area (Å²) in [4.78, 5) is 10.5. The van der Waals surface area contributed by atoms with Crippen LogP contribution in [0.15, 0.2) is 12.2 Å². The predicted molar refractivity (Wildman–Crippen MR) is 42.1 cm³/mol. The van der Waals surface area contributed by atoms with Crippen LogP contribution in [0.4, 0.5) is 13.2 Å². The maximum atomic E-state index is 12.4. The minimum absolute atomic E-state index is 0.0475. The van der Waals surface area contributed by atoms with Crippen molar-refractivity contribution in [2.75, 3.05) is 0 Å². The minimum Gasteiger partial charge on any atom is -0.303 e. The fourth-order valence-corrected chi connectivity index (χ4v) is 1.74. The molecule has 0 amide bonds. The van der Waals surface area contributed by atoms with Crippen molar-refractivity contribution < 1.29 is 18.0 Å². The van der Waals surface area contributed by atoms with E-state index in [4.69, 9.17) is 0 Å². The second-order valence-corrected chi connectivity index (χ2v) is 3.36. The van der Waals surface area contributed by atoms with Gasteiger partial charge in [-0.2, -0.15) is 13.2 Å². The summed E-state index contributed by atoms with van der Waals surface area (Å²) < 4.78 is 37.1. The zero-order valence-electron chi connectivity index (χ0n) is 7.10. The molecule has 0 bridgehead atoms. The third-order valence-electron chi connectivity index (χ3n) is 2.48.